The highest BCUT2D eigenvalue weighted by molar-refractivity contribution is 6.17. The smallest absolute Gasteiger partial charge is 0.222 e. The van der Waals surface area contributed by atoms with E-state index in [1.54, 1.807) is 4.90 Å². The molecule has 5 heteroatoms. The van der Waals surface area contributed by atoms with Gasteiger partial charge in [0.25, 0.3) is 0 Å². The van der Waals surface area contributed by atoms with Crippen molar-refractivity contribution in [2.45, 2.75) is 19.4 Å². The number of rotatable bonds is 6. The third kappa shape index (κ3) is 4.90. The molecule has 0 aromatic heterocycles. The summed E-state index contributed by atoms with van der Waals surface area (Å²) in [5, 5.41) is 0. The van der Waals surface area contributed by atoms with Crippen LogP contribution >= 0.6 is 11.6 Å². The minimum absolute atomic E-state index is 0.146. The lowest BCUT2D eigenvalue weighted by atomic mass is 10.1. The Morgan fingerprint density at radius 2 is 1.95 bits per heavy atom. The zero-order valence-electron chi connectivity index (χ0n) is 12.6. The summed E-state index contributed by atoms with van der Waals surface area (Å²) in [5.41, 5.74) is 2.37. The number of alkyl halides is 1. The van der Waals surface area contributed by atoms with Crippen LogP contribution in [0.2, 0.25) is 0 Å². The van der Waals surface area contributed by atoms with Gasteiger partial charge in [-0.25, -0.2) is 0 Å². The number of nitrogens with zero attached hydrogens (tertiary/aromatic N) is 2. The number of morpholine rings is 1. The molecule has 0 spiro atoms. The van der Waals surface area contributed by atoms with Crippen molar-refractivity contribution >= 4 is 23.2 Å². The van der Waals surface area contributed by atoms with E-state index in [-0.39, 0.29) is 5.91 Å². The molecule has 1 heterocycles. The van der Waals surface area contributed by atoms with E-state index in [0.29, 0.717) is 18.8 Å². The van der Waals surface area contributed by atoms with Crippen LogP contribution in [0.25, 0.3) is 0 Å². The summed E-state index contributed by atoms with van der Waals surface area (Å²) in [6.45, 7) is 4.11. The van der Waals surface area contributed by atoms with Gasteiger partial charge < -0.3 is 14.5 Å². The molecule has 0 N–H and O–H groups in total. The maximum Gasteiger partial charge on any atom is 0.222 e. The lowest BCUT2D eigenvalue weighted by Crippen LogP contribution is -2.36. The molecular formula is C16H23ClN2O2. The van der Waals surface area contributed by atoms with Gasteiger partial charge in [-0.05, 0) is 24.1 Å². The van der Waals surface area contributed by atoms with Gasteiger partial charge >= 0.3 is 0 Å². The number of amides is 1. The second-order valence-electron chi connectivity index (χ2n) is 5.31. The molecule has 1 aromatic rings. The van der Waals surface area contributed by atoms with E-state index in [0.717, 1.165) is 38.3 Å². The van der Waals surface area contributed by atoms with E-state index in [1.807, 2.05) is 7.05 Å². The van der Waals surface area contributed by atoms with Gasteiger partial charge in [0.05, 0.1) is 13.2 Å². The zero-order valence-corrected chi connectivity index (χ0v) is 13.3. The minimum Gasteiger partial charge on any atom is -0.378 e. The lowest BCUT2D eigenvalue weighted by Gasteiger charge is -2.29. The molecule has 1 aliphatic rings. The average molecular weight is 311 g/mol. The Balaban J connectivity index is 1.88. The van der Waals surface area contributed by atoms with E-state index in [1.165, 1.54) is 5.69 Å². The van der Waals surface area contributed by atoms with Crippen molar-refractivity contribution in [2.24, 2.45) is 0 Å². The monoisotopic (exact) mass is 310 g/mol. The molecule has 0 unspecified atom stereocenters. The Labute approximate surface area is 131 Å². The number of carbonyl (C=O) groups excluding carboxylic acids is 1. The fourth-order valence-electron chi connectivity index (χ4n) is 2.40. The maximum absolute atomic E-state index is 11.9. The quantitative estimate of drug-likeness (QED) is 0.757. The normalized spacial score (nSPS) is 15.0. The first-order valence-corrected chi connectivity index (χ1v) is 7.95. The molecule has 1 fully saturated rings. The van der Waals surface area contributed by atoms with Gasteiger partial charge in [0.2, 0.25) is 5.91 Å². The van der Waals surface area contributed by atoms with Crippen molar-refractivity contribution in [1.82, 2.24) is 4.90 Å². The summed E-state index contributed by atoms with van der Waals surface area (Å²) < 4.78 is 5.36. The number of benzene rings is 1. The fraction of sp³-hybridized carbons (Fsp3) is 0.562. The largest absolute Gasteiger partial charge is 0.378 e. The van der Waals surface area contributed by atoms with Crippen LogP contribution in [-0.4, -0.2) is 50.0 Å². The molecular weight excluding hydrogens is 288 g/mol. The van der Waals surface area contributed by atoms with Crippen molar-refractivity contribution < 1.29 is 9.53 Å². The van der Waals surface area contributed by atoms with Crippen LogP contribution in [0.15, 0.2) is 24.3 Å². The van der Waals surface area contributed by atoms with Crippen LogP contribution in [0, 0.1) is 0 Å². The second-order valence-corrected chi connectivity index (χ2v) is 5.69. The van der Waals surface area contributed by atoms with E-state index < -0.39 is 0 Å². The Bertz CT molecular complexity index is 444. The number of anilines is 1. The molecule has 1 aliphatic heterocycles. The number of halogens is 1. The van der Waals surface area contributed by atoms with E-state index in [4.69, 9.17) is 16.3 Å². The van der Waals surface area contributed by atoms with Gasteiger partial charge in [0, 0.05) is 44.7 Å². The van der Waals surface area contributed by atoms with Crippen LogP contribution < -0.4 is 4.90 Å². The van der Waals surface area contributed by atoms with Crippen molar-refractivity contribution in [2.75, 3.05) is 44.1 Å². The van der Waals surface area contributed by atoms with Crippen LogP contribution in [-0.2, 0) is 16.1 Å². The third-order valence-corrected chi connectivity index (χ3v) is 3.95. The van der Waals surface area contributed by atoms with Gasteiger partial charge in [0.1, 0.15) is 0 Å². The molecule has 0 saturated carbocycles. The van der Waals surface area contributed by atoms with Crippen molar-refractivity contribution in [3.63, 3.8) is 0 Å². The minimum atomic E-state index is 0.146. The summed E-state index contributed by atoms with van der Waals surface area (Å²) in [5.74, 6) is 0.682. The summed E-state index contributed by atoms with van der Waals surface area (Å²) in [6, 6.07) is 8.43. The Morgan fingerprint density at radius 3 is 2.57 bits per heavy atom. The van der Waals surface area contributed by atoms with Crippen LogP contribution in [0.4, 0.5) is 5.69 Å². The van der Waals surface area contributed by atoms with Crippen LogP contribution in [0.5, 0.6) is 0 Å². The summed E-state index contributed by atoms with van der Waals surface area (Å²) >= 11 is 5.62. The standard InChI is InChI=1S/C16H23ClN2O2/c1-18(16(20)3-2-8-17)13-14-4-6-15(7-5-14)19-9-11-21-12-10-19/h4-7H,2-3,8-13H2,1H3. The van der Waals surface area contributed by atoms with E-state index in [2.05, 4.69) is 29.2 Å². The summed E-state index contributed by atoms with van der Waals surface area (Å²) in [6.07, 6.45) is 1.26. The predicted molar refractivity (Wildman–Crippen MR) is 85.9 cm³/mol. The molecule has 116 valence electrons. The Morgan fingerprint density at radius 1 is 1.29 bits per heavy atom. The highest BCUT2D eigenvalue weighted by atomic mass is 35.5. The number of carbonyl (C=O) groups is 1. The second kappa shape index (κ2) is 8.25. The molecule has 0 atom stereocenters. The lowest BCUT2D eigenvalue weighted by molar-refractivity contribution is -0.130. The number of ether oxygens (including phenoxy) is 1. The molecule has 0 radical (unpaired) electrons. The molecule has 1 amide bonds. The van der Waals surface area contributed by atoms with Gasteiger partial charge in [-0.3, -0.25) is 4.79 Å². The summed E-state index contributed by atoms with van der Waals surface area (Å²) in [4.78, 5) is 15.9. The summed E-state index contributed by atoms with van der Waals surface area (Å²) in [7, 11) is 1.84. The SMILES string of the molecule is CN(Cc1ccc(N2CCOCC2)cc1)C(=O)CCCCl. The van der Waals surface area contributed by atoms with Crippen molar-refractivity contribution in [3.05, 3.63) is 29.8 Å². The first-order valence-electron chi connectivity index (χ1n) is 7.42. The molecule has 0 bridgehead atoms. The average Bonchev–Trinajstić information content (AvgIpc) is 2.54. The molecule has 21 heavy (non-hydrogen) atoms. The molecule has 0 aliphatic carbocycles. The van der Waals surface area contributed by atoms with E-state index in [9.17, 15) is 4.79 Å². The van der Waals surface area contributed by atoms with Gasteiger partial charge in [-0.2, -0.15) is 0 Å². The Kier molecular flexibility index (Phi) is 6.33. The van der Waals surface area contributed by atoms with Crippen LogP contribution in [0.3, 0.4) is 0 Å². The van der Waals surface area contributed by atoms with Gasteiger partial charge in [0.15, 0.2) is 0 Å². The maximum atomic E-state index is 11.9. The van der Waals surface area contributed by atoms with E-state index >= 15 is 0 Å². The molecule has 2 rings (SSSR count). The predicted octanol–water partition coefficient (Wildman–Crippen LogP) is 2.50. The van der Waals surface area contributed by atoms with Crippen LogP contribution in [0.1, 0.15) is 18.4 Å². The molecule has 1 saturated heterocycles. The molecule has 4 nitrogen and oxygen atoms in total. The first kappa shape index (κ1) is 16.1. The third-order valence-electron chi connectivity index (χ3n) is 3.68. The Hall–Kier alpha value is -1.26. The van der Waals surface area contributed by atoms with Crippen molar-refractivity contribution in [1.29, 1.82) is 0 Å². The first-order chi connectivity index (χ1) is 10.2. The van der Waals surface area contributed by atoms with Gasteiger partial charge in [-0.15, -0.1) is 11.6 Å². The number of hydrogen-bond acceptors (Lipinski definition) is 3. The van der Waals surface area contributed by atoms with Crippen molar-refractivity contribution in [3.8, 4) is 0 Å². The topological polar surface area (TPSA) is 32.8 Å². The fourth-order valence-corrected chi connectivity index (χ4v) is 2.54. The van der Waals surface area contributed by atoms with Gasteiger partial charge in [-0.1, -0.05) is 12.1 Å². The zero-order chi connectivity index (χ0) is 15.1. The highest BCUT2D eigenvalue weighted by Crippen LogP contribution is 2.17. The highest BCUT2D eigenvalue weighted by Gasteiger charge is 2.12. The molecule has 1 aromatic carbocycles. The number of hydrogen-bond donors (Lipinski definition) is 0.